The summed E-state index contributed by atoms with van der Waals surface area (Å²) >= 11 is 0. The fourth-order valence-electron chi connectivity index (χ4n) is 4.20. The highest BCUT2D eigenvalue weighted by molar-refractivity contribution is 5.88. The van der Waals surface area contributed by atoms with E-state index in [0.29, 0.717) is 11.7 Å². The van der Waals surface area contributed by atoms with Crippen molar-refractivity contribution in [3.05, 3.63) is 66.7 Å². The maximum Gasteiger partial charge on any atom is 0.398 e. The number of hydrogen-bond donors (Lipinski definition) is 0. The van der Waals surface area contributed by atoms with E-state index in [2.05, 4.69) is 54.9 Å². The Morgan fingerprint density at radius 1 is 1.11 bits per heavy atom. The molecule has 0 bridgehead atoms. The summed E-state index contributed by atoms with van der Waals surface area (Å²) in [5.41, 5.74) is 4.40. The molecule has 1 aromatic heterocycles. The van der Waals surface area contributed by atoms with Crippen molar-refractivity contribution in [3.63, 3.8) is 0 Å². The van der Waals surface area contributed by atoms with Gasteiger partial charge in [-0.2, -0.15) is 13.2 Å². The Kier molecular flexibility index (Phi) is 9.24. The molecule has 36 heavy (non-hydrogen) atoms. The predicted molar refractivity (Wildman–Crippen MR) is 137 cm³/mol. The highest BCUT2D eigenvalue weighted by Crippen LogP contribution is 2.34. The van der Waals surface area contributed by atoms with Gasteiger partial charge in [0.15, 0.2) is 0 Å². The van der Waals surface area contributed by atoms with E-state index in [9.17, 15) is 18.0 Å². The first kappa shape index (κ1) is 27.4. The zero-order chi connectivity index (χ0) is 26.3. The van der Waals surface area contributed by atoms with Crippen molar-refractivity contribution in [2.45, 2.75) is 52.8 Å². The van der Waals surface area contributed by atoms with Gasteiger partial charge in [-0.3, -0.25) is 0 Å². The van der Waals surface area contributed by atoms with Gasteiger partial charge in [0.2, 0.25) is 0 Å². The van der Waals surface area contributed by atoms with Gasteiger partial charge in [0.05, 0.1) is 5.52 Å². The number of hydrogen-bond acceptors (Lipinski definition) is 3. The van der Waals surface area contributed by atoms with Gasteiger partial charge < -0.3 is 14.0 Å². The van der Waals surface area contributed by atoms with E-state index >= 15 is 0 Å². The normalized spacial score (nSPS) is 12.6. The minimum Gasteiger partial charge on any atom is -0.493 e. The van der Waals surface area contributed by atoms with Gasteiger partial charge in [-0.25, -0.2) is 4.79 Å². The van der Waals surface area contributed by atoms with Crippen molar-refractivity contribution in [3.8, 4) is 17.0 Å². The van der Waals surface area contributed by atoms with Crippen LogP contribution in [-0.4, -0.2) is 29.9 Å². The van der Waals surface area contributed by atoms with Crippen LogP contribution in [0.3, 0.4) is 0 Å². The molecular formula is C29H34F3NO3. The molecule has 0 N–H and O–H groups in total. The molecule has 0 amide bonds. The molecule has 0 spiro atoms. The molecule has 2 aromatic carbocycles. The molecule has 1 atom stereocenters. The van der Waals surface area contributed by atoms with Crippen LogP contribution in [0.5, 0.6) is 5.75 Å². The van der Waals surface area contributed by atoms with Gasteiger partial charge in [0.1, 0.15) is 24.9 Å². The maximum absolute atomic E-state index is 13.5. The van der Waals surface area contributed by atoms with Gasteiger partial charge >= 0.3 is 12.1 Å². The summed E-state index contributed by atoms with van der Waals surface area (Å²) in [7, 11) is 0. The second-order valence-electron chi connectivity index (χ2n) is 9.33. The van der Waals surface area contributed by atoms with Gasteiger partial charge in [0.25, 0.3) is 0 Å². The number of carbonyl (C=O) groups excluding carboxylic acids is 1. The number of rotatable bonds is 12. The number of fused-ring (bicyclic) bond motifs is 1. The lowest BCUT2D eigenvalue weighted by molar-refractivity contribution is -0.195. The third-order valence-corrected chi connectivity index (χ3v) is 6.22. The first-order chi connectivity index (χ1) is 17.1. The Morgan fingerprint density at radius 2 is 1.86 bits per heavy atom. The lowest BCUT2D eigenvalue weighted by Gasteiger charge is -2.20. The van der Waals surface area contributed by atoms with E-state index in [4.69, 9.17) is 4.74 Å². The second-order valence-corrected chi connectivity index (χ2v) is 9.33. The molecule has 1 heterocycles. The molecule has 0 saturated heterocycles. The summed E-state index contributed by atoms with van der Waals surface area (Å²) in [6.07, 6.45) is -0.781. The number of esters is 1. The maximum atomic E-state index is 13.5. The van der Waals surface area contributed by atoms with E-state index in [-0.39, 0.29) is 0 Å². The van der Waals surface area contributed by atoms with Crippen LogP contribution in [0, 0.1) is 11.8 Å². The average molecular weight is 502 g/mol. The topological polar surface area (TPSA) is 40.5 Å². The molecular weight excluding hydrogens is 467 g/mol. The summed E-state index contributed by atoms with van der Waals surface area (Å²) < 4.78 is 52.8. The SMILES string of the molecule is C=CC(=O)OCC(COc1ccc2cc(-c3ccccc3CC)n(CCCC(C)C)c2c1)C(F)(F)F. The van der Waals surface area contributed by atoms with Gasteiger partial charge in [-0.05, 0) is 48.9 Å². The minimum absolute atomic E-state index is 0.338. The molecule has 3 rings (SSSR count). The van der Waals surface area contributed by atoms with Gasteiger partial charge in [-0.15, -0.1) is 0 Å². The number of aryl methyl sites for hydroxylation is 2. The number of alkyl halides is 3. The molecule has 194 valence electrons. The smallest absolute Gasteiger partial charge is 0.398 e. The Hall–Kier alpha value is -3.22. The van der Waals surface area contributed by atoms with E-state index in [1.165, 1.54) is 5.56 Å². The molecule has 0 saturated carbocycles. The highest BCUT2D eigenvalue weighted by atomic mass is 19.4. The van der Waals surface area contributed by atoms with Gasteiger partial charge in [-0.1, -0.05) is 51.6 Å². The van der Waals surface area contributed by atoms with Crippen molar-refractivity contribution in [2.24, 2.45) is 11.8 Å². The fraction of sp³-hybridized carbons (Fsp3) is 0.414. The van der Waals surface area contributed by atoms with E-state index in [0.717, 1.165) is 54.0 Å². The van der Waals surface area contributed by atoms with Crippen molar-refractivity contribution in [1.82, 2.24) is 4.57 Å². The van der Waals surface area contributed by atoms with Crippen LogP contribution in [0.4, 0.5) is 13.2 Å². The number of benzene rings is 2. The van der Waals surface area contributed by atoms with E-state index in [1.54, 1.807) is 12.1 Å². The van der Waals surface area contributed by atoms with E-state index < -0.39 is 31.3 Å². The van der Waals surface area contributed by atoms with Crippen LogP contribution in [0.1, 0.15) is 39.2 Å². The molecule has 4 nitrogen and oxygen atoms in total. The highest BCUT2D eigenvalue weighted by Gasteiger charge is 2.41. The molecule has 0 radical (unpaired) electrons. The second kappa shape index (κ2) is 12.2. The average Bonchev–Trinajstić information content (AvgIpc) is 3.20. The summed E-state index contributed by atoms with van der Waals surface area (Å²) in [6, 6.07) is 15.8. The van der Waals surface area contributed by atoms with Crippen LogP contribution < -0.4 is 4.74 Å². The van der Waals surface area contributed by atoms with Crippen molar-refractivity contribution < 1.29 is 27.4 Å². The lowest BCUT2D eigenvalue weighted by Crippen LogP contribution is -2.33. The quantitative estimate of drug-likeness (QED) is 0.190. The molecule has 0 aliphatic heterocycles. The molecule has 0 fully saturated rings. The summed E-state index contributed by atoms with van der Waals surface area (Å²) in [6.45, 7) is 9.03. The standard InChI is InChI=1S/C29H34F3NO3/c1-5-21-11-7-8-12-25(21)27-16-22-13-14-24(17-26(22)33(27)15-9-10-20(3)4)35-18-23(29(30,31)32)19-36-28(34)6-2/h6-8,11-14,16-17,20,23H,2,5,9-10,15,18-19H2,1,3-4H3. The predicted octanol–water partition coefficient (Wildman–Crippen LogP) is 7.59. The Morgan fingerprint density at radius 3 is 2.53 bits per heavy atom. The number of carbonyl (C=O) groups is 1. The molecule has 7 heteroatoms. The first-order valence-corrected chi connectivity index (χ1v) is 12.3. The Labute approximate surface area is 210 Å². The largest absolute Gasteiger partial charge is 0.493 e. The van der Waals surface area contributed by atoms with Crippen LogP contribution in [0.15, 0.2) is 61.2 Å². The third kappa shape index (κ3) is 6.93. The Bertz CT molecular complexity index is 1180. The zero-order valence-electron chi connectivity index (χ0n) is 21.1. The number of halogens is 3. The van der Waals surface area contributed by atoms with Crippen molar-refractivity contribution in [2.75, 3.05) is 13.2 Å². The van der Waals surface area contributed by atoms with E-state index in [1.807, 2.05) is 18.2 Å². The Balaban J connectivity index is 1.92. The summed E-state index contributed by atoms with van der Waals surface area (Å²) in [4.78, 5) is 11.2. The monoisotopic (exact) mass is 501 g/mol. The van der Waals surface area contributed by atoms with Crippen LogP contribution in [0.2, 0.25) is 0 Å². The van der Waals surface area contributed by atoms with Crippen LogP contribution in [-0.2, 0) is 22.5 Å². The number of ether oxygens (including phenoxy) is 2. The number of aromatic nitrogens is 1. The lowest BCUT2D eigenvalue weighted by atomic mass is 10.0. The molecule has 3 aromatic rings. The van der Waals surface area contributed by atoms with Crippen molar-refractivity contribution >= 4 is 16.9 Å². The zero-order valence-corrected chi connectivity index (χ0v) is 21.1. The molecule has 0 aliphatic rings. The first-order valence-electron chi connectivity index (χ1n) is 12.3. The molecule has 1 unspecified atom stereocenters. The molecule has 0 aliphatic carbocycles. The minimum atomic E-state index is -4.57. The number of nitrogens with zero attached hydrogens (tertiary/aromatic N) is 1. The summed E-state index contributed by atoms with van der Waals surface area (Å²) in [5.74, 6) is -1.93. The summed E-state index contributed by atoms with van der Waals surface area (Å²) in [5, 5.41) is 1.00. The van der Waals surface area contributed by atoms with Crippen LogP contribution in [0.25, 0.3) is 22.2 Å². The van der Waals surface area contributed by atoms with Gasteiger partial charge in [0, 0.05) is 35.3 Å². The third-order valence-electron chi connectivity index (χ3n) is 6.22. The van der Waals surface area contributed by atoms with Crippen LogP contribution >= 0.6 is 0 Å². The fourth-order valence-corrected chi connectivity index (χ4v) is 4.20. The van der Waals surface area contributed by atoms with Crippen molar-refractivity contribution in [1.29, 1.82) is 0 Å².